The Kier molecular flexibility index (Phi) is 4.65. The zero-order valence-electron chi connectivity index (χ0n) is 13.0. The fourth-order valence-corrected chi connectivity index (χ4v) is 2.62. The SMILES string of the molecule is COc1ccc(NC(=O)C2CCN(c3ncccn3)CC2)cn1. The Balaban J connectivity index is 1.53. The number of carbonyl (C=O) groups is 1. The Morgan fingerprint density at radius 2 is 1.96 bits per heavy atom. The van der Waals surface area contributed by atoms with Crippen molar-refractivity contribution in [1.29, 1.82) is 0 Å². The van der Waals surface area contributed by atoms with E-state index in [-0.39, 0.29) is 11.8 Å². The molecule has 1 aliphatic heterocycles. The number of hydrogen-bond acceptors (Lipinski definition) is 6. The Bertz CT molecular complexity index is 639. The molecular weight excluding hydrogens is 294 g/mol. The molecule has 0 aromatic carbocycles. The lowest BCUT2D eigenvalue weighted by molar-refractivity contribution is -0.120. The lowest BCUT2D eigenvalue weighted by Gasteiger charge is -2.31. The summed E-state index contributed by atoms with van der Waals surface area (Å²) in [7, 11) is 1.56. The van der Waals surface area contributed by atoms with Gasteiger partial charge in [-0.25, -0.2) is 15.0 Å². The minimum atomic E-state index is -0.00272. The standard InChI is InChI=1S/C16H19N5O2/c1-23-14-4-3-13(11-19-14)20-15(22)12-5-9-21(10-6-12)16-17-7-2-8-18-16/h2-4,7-8,11-12H,5-6,9-10H2,1H3,(H,20,22). The molecule has 0 atom stereocenters. The predicted octanol–water partition coefficient (Wildman–Crippen LogP) is 1.74. The number of carbonyl (C=O) groups excluding carboxylic acids is 1. The summed E-state index contributed by atoms with van der Waals surface area (Å²) in [4.78, 5) is 27.0. The van der Waals surface area contributed by atoms with Gasteiger partial charge in [-0.15, -0.1) is 0 Å². The number of anilines is 2. The van der Waals surface area contributed by atoms with Crippen molar-refractivity contribution in [2.45, 2.75) is 12.8 Å². The summed E-state index contributed by atoms with van der Waals surface area (Å²) in [5.74, 6) is 1.28. The zero-order chi connectivity index (χ0) is 16.1. The van der Waals surface area contributed by atoms with E-state index in [2.05, 4.69) is 25.2 Å². The fourth-order valence-electron chi connectivity index (χ4n) is 2.62. The van der Waals surface area contributed by atoms with E-state index >= 15 is 0 Å². The Labute approximate surface area is 134 Å². The molecule has 7 nitrogen and oxygen atoms in total. The van der Waals surface area contributed by atoms with Crippen LogP contribution in [0.3, 0.4) is 0 Å². The van der Waals surface area contributed by atoms with Gasteiger partial charge in [0.15, 0.2) is 0 Å². The highest BCUT2D eigenvalue weighted by Gasteiger charge is 2.26. The van der Waals surface area contributed by atoms with Crippen LogP contribution < -0.4 is 15.0 Å². The first-order chi connectivity index (χ1) is 11.3. The number of piperidine rings is 1. The highest BCUT2D eigenvalue weighted by atomic mass is 16.5. The van der Waals surface area contributed by atoms with Crippen molar-refractivity contribution < 1.29 is 9.53 Å². The molecule has 7 heteroatoms. The van der Waals surface area contributed by atoms with Crippen LogP contribution in [0.15, 0.2) is 36.8 Å². The third-order valence-electron chi connectivity index (χ3n) is 3.91. The average Bonchev–Trinajstić information content (AvgIpc) is 2.63. The molecule has 1 aliphatic rings. The van der Waals surface area contributed by atoms with Crippen LogP contribution in [0.2, 0.25) is 0 Å². The van der Waals surface area contributed by atoms with E-state index in [4.69, 9.17) is 4.74 Å². The maximum atomic E-state index is 12.3. The lowest BCUT2D eigenvalue weighted by atomic mass is 9.96. The second-order valence-corrected chi connectivity index (χ2v) is 5.39. The molecule has 0 aliphatic carbocycles. The molecule has 1 saturated heterocycles. The van der Waals surface area contributed by atoms with Gasteiger partial charge in [-0.2, -0.15) is 0 Å². The number of aromatic nitrogens is 3. The molecule has 120 valence electrons. The summed E-state index contributed by atoms with van der Waals surface area (Å²) in [6, 6.07) is 5.31. The average molecular weight is 313 g/mol. The van der Waals surface area contributed by atoms with Gasteiger partial charge < -0.3 is 15.0 Å². The maximum absolute atomic E-state index is 12.3. The number of amides is 1. The molecule has 0 radical (unpaired) electrons. The Hall–Kier alpha value is -2.70. The minimum Gasteiger partial charge on any atom is -0.481 e. The van der Waals surface area contributed by atoms with Crippen molar-refractivity contribution in [1.82, 2.24) is 15.0 Å². The largest absolute Gasteiger partial charge is 0.481 e. The summed E-state index contributed by atoms with van der Waals surface area (Å²) in [5.41, 5.74) is 0.685. The predicted molar refractivity (Wildman–Crippen MR) is 86.4 cm³/mol. The van der Waals surface area contributed by atoms with Gasteiger partial charge in [0.05, 0.1) is 19.0 Å². The van der Waals surface area contributed by atoms with Crippen molar-refractivity contribution in [3.05, 3.63) is 36.8 Å². The topological polar surface area (TPSA) is 80.2 Å². The molecule has 1 fully saturated rings. The highest BCUT2D eigenvalue weighted by molar-refractivity contribution is 5.92. The van der Waals surface area contributed by atoms with Crippen LogP contribution in [0.5, 0.6) is 5.88 Å². The molecule has 0 bridgehead atoms. The number of nitrogens with zero attached hydrogens (tertiary/aromatic N) is 4. The Morgan fingerprint density at radius 3 is 2.57 bits per heavy atom. The van der Waals surface area contributed by atoms with E-state index in [0.29, 0.717) is 11.6 Å². The van der Waals surface area contributed by atoms with E-state index in [1.54, 1.807) is 43.9 Å². The summed E-state index contributed by atoms with van der Waals surface area (Å²) < 4.78 is 5.00. The van der Waals surface area contributed by atoms with Gasteiger partial charge in [-0.05, 0) is 25.0 Å². The van der Waals surface area contributed by atoms with Crippen LogP contribution in [0.1, 0.15) is 12.8 Å². The number of nitrogens with one attached hydrogen (secondary N) is 1. The van der Waals surface area contributed by atoms with Gasteiger partial charge in [0.2, 0.25) is 17.7 Å². The quantitative estimate of drug-likeness (QED) is 0.926. The monoisotopic (exact) mass is 313 g/mol. The number of rotatable bonds is 4. The lowest BCUT2D eigenvalue weighted by Crippen LogP contribution is -2.39. The van der Waals surface area contributed by atoms with Crippen molar-refractivity contribution in [2.75, 3.05) is 30.4 Å². The van der Waals surface area contributed by atoms with Gasteiger partial charge in [-0.3, -0.25) is 4.79 Å². The van der Waals surface area contributed by atoms with Gasteiger partial charge >= 0.3 is 0 Å². The molecule has 2 aromatic rings. The number of methoxy groups -OCH3 is 1. The number of pyridine rings is 1. The smallest absolute Gasteiger partial charge is 0.227 e. The van der Waals surface area contributed by atoms with Crippen molar-refractivity contribution in [3.63, 3.8) is 0 Å². The third kappa shape index (κ3) is 3.74. The first-order valence-corrected chi connectivity index (χ1v) is 7.59. The van der Waals surface area contributed by atoms with Crippen LogP contribution in [-0.4, -0.2) is 41.1 Å². The van der Waals surface area contributed by atoms with Gasteiger partial charge in [0, 0.05) is 37.5 Å². The zero-order valence-corrected chi connectivity index (χ0v) is 13.0. The highest BCUT2D eigenvalue weighted by Crippen LogP contribution is 2.22. The molecule has 0 saturated carbocycles. The summed E-state index contributed by atoms with van der Waals surface area (Å²) in [6.45, 7) is 1.56. The number of hydrogen-bond donors (Lipinski definition) is 1. The molecule has 3 rings (SSSR count). The summed E-state index contributed by atoms with van der Waals surface area (Å²) in [6.07, 6.45) is 6.64. The minimum absolute atomic E-state index is 0.00272. The molecule has 0 spiro atoms. The van der Waals surface area contributed by atoms with Crippen LogP contribution in [0.4, 0.5) is 11.6 Å². The van der Waals surface area contributed by atoms with E-state index < -0.39 is 0 Å². The van der Waals surface area contributed by atoms with Crippen LogP contribution >= 0.6 is 0 Å². The van der Waals surface area contributed by atoms with Gasteiger partial charge in [0.1, 0.15) is 0 Å². The first-order valence-electron chi connectivity index (χ1n) is 7.59. The molecule has 1 amide bonds. The van der Waals surface area contributed by atoms with Gasteiger partial charge in [-0.1, -0.05) is 0 Å². The van der Waals surface area contributed by atoms with E-state index in [1.807, 2.05) is 0 Å². The van der Waals surface area contributed by atoms with Crippen LogP contribution in [0, 0.1) is 5.92 Å². The molecular formula is C16H19N5O2. The molecule has 3 heterocycles. The Morgan fingerprint density at radius 1 is 1.22 bits per heavy atom. The van der Waals surface area contributed by atoms with Crippen molar-refractivity contribution in [2.24, 2.45) is 5.92 Å². The van der Waals surface area contributed by atoms with E-state index in [0.717, 1.165) is 31.9 Å². The molecule has 0 unspecified atom stereocenters. The first kappa shape index (κ1) is 15.2. The summed E-state index contributed by atoms with van der Waals surface area (Å²) in [5, 5.41) is 2.91. The van der Waals surface area contributed by atoms with Crippen molar-refractivity contribution in [3.8, 4) is 5.88 Å². The second-order valence-electron chi connectivity index (χ2n) is 5.39. The third-order valence-corrected chi connectivity index (χ3v) is 3.91. The number of ether oxygens (including phenoxy) is 1. The normalized spacial score (nSPS) is 15.3. The second kappa shape index (κ2) is 7.04. The van der Waals surface area contributed by atoms with Crippen LogP contribution in [0.25, 0.3) is 0 Å². The fraction of sp³-hybridized carbons (Fsp3) is 0.375. The molecule has 2 aromatic heterocycles. The molecule has 23 heavy (non-hydrogen) atoms. The molecule has 1 N–H and O–H groups in total. The maximum Gasteiger partial charge on any atom is 0.227 e. The summed E-state index contributed by atoms with van der Waals surface area (Å²) >= 11 is 0. The van der Waals surface area contributed by atoms with E-state index in [9.17, 15) is 4.79 Å². The van der Waals surface area contributed by atoms with Crippen molar-refractivity contribution >= 4 is 17.5 Å². The van der Waals surface area contributed by atoms with E-state index in [1.165, 1.54) is 0 Å². The van der Waals surface area contributed by atoms with Crippen LogP contribution in [-0.2, 0) is 4.79 Å². The van der Waals surface area contributed by atoms with Gasteiger partial charge in [0.25, 0.3) is 0 Å².